The molecule has 33 heavy (non-hydrogen) atoms. The van der Waals surface area contributed by atoms with Crippen LogP contribution in [-0.4, -0.2) is 21.7 Å². The fourth-order valence-electron chi connectivity index (χ4n) is 3.01. The van der Waals surface area contributed by atoms with Gasteiger partial charge in [-0.2, -0.15) is 0 Å². The minimum Gasteiger partial charge on any atom is -0.326 e. The number of rotatable bonds is 12. The summed E-state index contributed by atoms with van der Waals surface area (Å²) < 4.78 is 0. The molecule has 0 saturated carbocycles. The lowest BCUT2D eigenvalue weighted by atomic mass is 10.1. The van der Waals surface area contributed by atoms with Gasteiger partial charge in [0.2, 0.25) is 11.8 Å². The predicted molar refractivity (Wildman–Crippen MR) is 126 cm³/mol. The maximum absolute atomic E-state index is 12.0. The summed E-state index contributed by atoms with van der Waals surface area (Å²) >= 11 is 11.5. The number of anilines is 2. The third-order valence-corrected chi connectivity index (χ3v) is 5.30. The summed E-state index contributed by atoms with van der Waals surface area (Å²) in [7, 11) is 0. The molecule has 176 valence electrons. The number of nitrogens with one attached hydrogen (secondary N) is 2. The van der Waals surface area contributed by atoms with Crippen LogP contribution in [0.15, 0.2) is 36.4 Å². The van der Waals surface area contributed by atoms with Crippen LogP contribution < -0.4 is 10.6 Å². The number of carbonyl (C=O) groups excluding carboxylic acids is 2. The highest BCUT2D eigenvalue weighted by molar-refractivity contribution is 6.33. The molecule has 2 rings (SSSR count). The molecule has 0 saturated heterocycles. The third kappa shape index (κ3) is 8.66. The number of amides is 2. The Morgan fingerprint density at radius 3 is 1.42 bits per heavy atom. The van der Waals surface area contributed by atoms with Crippen molar-refractivity contribution in [2.45, 2.75) is 44.9 Å². The summed E-state index contributed by atoms with van der Waals surface area (Å²) in [5.41, 5.74) is 0.0850. The Balaban J connectivity index is 1.61. The zero-order chi connectivity index (χ0) is 24.4. The molecule has 2 aromatic carbocycles. The first-order valence-electron chi connectivity index (χ1n) is 10.1. The van der Waals surface area contributed by atoms with Gasteiger partial charge in [-0.05, 0) is 37.1 Å². The highest BCUT2D eigenvalue weighted by Gasteiger charge is 2.15. The second-order valence-electron chi connectivity index (χ2n) is 7.21. The van der Waals surface area contributed by atoms with E-state index in [1.807, 2.05) is 0 Å². The van der Waals surface area contributed by atoms with Crippen LogP contribution >= 0.6 is 23.2 Å². The SMILES string of the molecule is O=C(CCCCCCCC(=O)Nc1ccc(Cl)c([N+](=O)[O-])c1)Nc1ccc(Cl)c([N+](=O)[O-])c1. The van der Waals surface area contributed by atoms with Crippen molar-refractivity contribution in [2.24, 2.45) is 0 Å². The highest BCUT2D eigenvalue weighted by Crippen LogP contribution is 2.28. The molecule has 0 atom stereocenters. The molecule has 0 spiro atoms. The predicted octanol–water partition coefficient (Wildman–Crippen LogP) is 6.12. The smallest absolute Gasteiger partial charge is 0.289 e. The molecule has 0 heterocycles. The van der Waals surface area contributed by atoms with E-state index in [9.17, 15) is 29.8 Å². The summed E-state index contributed by atoms with van der Waals surface area (Å²) in [4.78, 5) is 44.6. The van der Waals surface area contributed by atoms with E-state index in [0.29, 0.717) is 24.2 Å². The standard InChI is InChI=1S/C21H22Cl2N4O6/c22-16-10-8-14(12-18(16)26(30)31)24-20(28)6-4-2-1-3-5-7-21(29)25-15-9-11-17(23)19(13-15)27(32)33/h8-13H,1-7H2,(H,24,28)(H,25,29). The van der Waals surface area contributed by atoms with Gasteiger partial charge in [-0.15, -0.1) is 0 Å². The molecule has 0 fully saturated rings. The van der Waals surface area contributed by atoms with Crippen molar-refractivity contribution in [1.29, 1.82) is 0 Å². The van der Waals surface area contributed by atoms with Gasteiger partial charge in [-0.1, -0.05) is 42.5 Å². The molecular formula is C21H22Cl2N4O6. The second-order valence-corrected chi connectivity index (χ2v) is 8.03. The van der Waals surface area contributed by atoms with Gasteiger partial charge < -0.3 is 10.6 Å². The molecular weight excluding hydrogens is 475 g/mol. The molecule has 0 aromatic heterocycles. The average Bonchev–Trinajstić information content (AvgIpc) is 2.75. The van der Waals surface area contributed by atoms with Crippen LogP contribution in [0.25, 0.3) is 0 Å². The number of hydrogen-bond acceptors (Lipinski definition) is 6. The summed E-state index contributed by atoms with van der Waals surface area (Å²) in [5.74, 6) is -0.494. The molecule has 10 nitrogen and oxygen atoms in total. The van der Waals surface area contributed by atoms with Gasteiger partial charge in [0.05, 0.1) is 9.85 Å². The number of hydrogen-bond donors (Lipinski definition) is 2. The normalized spacial score (nSPS) is 10.5. The largest absolute Gasteiger partial charge is 0.326 e. The molecule has 2 aromatic rings. The van der Waals surface area contributed by atoms with Crippen molar-refractivity contribution in [1.82, 2.24) is 0 Å². The van der Waals surface area contributed by atoms with Gasteiger partial charge in [0.15, 0.2) is 0 Å². The topological polar surface area (TPSA) is 144 Å². The van der Waals surface area contributed by atoms with Gasteiger partial charge in [0, 0.05) is 36.3 Å². The van der Waals surface area contributed by atoms with Crippen molar-refractivity contribution >= 4 is 57.8 Å². The quantitative estimate of drug-likeness (QED) is 0.205. The number of benzene rings is 2. The Morgan fingerprint density at radius 2 is 1.06 bits per heavy atom. The number of carbonyl (C=O) groups is 2. The first-order chi connectivity index (χ1) is 15.7. The minimum absolute atomic E-state index is 0.00107. The van der Waals surface area contributed by atoms with Crippen molar-refractivity contribution in [2.75, 3.05) is 10.6 Å². The first-order valence-corrected chi connectivity index (χ1v) is 10.9. The fourth-order valence-corrected chi connectivity index (χ4v) is 3.38. The molecule has 0 bridgehead atoms. The average molecular weight is 497 g/mol. The van der Waals surface area contributed by atoms with Crippen molar-refractivity contribution in [3.8, 4) is 0 Å². The molecule has 12 heteroatoms. The second kappa shape index (κ2) is 12.7. The zero-order valence-electron chi connectivity index (χ0n) is 17.5. The van der Waals surface area contributed by atoms with E-state index in [1.54, 1.807) is 0 Å². The lowest BCUT2D eigenvalue weighted by molar-refractivity contribution is -0.384. The van der Waals surface area contributed by atoms with E-state index in [0.717, 1.165) is 19.3 Å². The van der Waals surface area contributed by atoms with Gasteiger partial charge >= 0.3 is 0 Å². The van der Waals surface area contributed by atoms with E-state index in [4.69, 9.17) is 23.2 Å². The Hall–Kier alpha value is -3.24. The van der Waals surface area contributed by atoms with Gasteiger partial charge in [-0.3, -0.25) is 29.8 Å². The van der Waals surface area contributed by atoms with Gasteiger partial charge in [0.25, 0.3) is 11.4 Å². The molecule has 0 radical (unpaired) electrons. The van der Waals surface area contributed by atoms with Crippen LogP contribution in [0.2, 0.25) is 10.0 Å². The minimum atomic E-state index is -0.614. The van der Waals surface area contributed by atoms with Gasteiger partial charge in [0.1, 0.15) is 10.0 Å². The summed E-state index contributed by atoms with van der Waals surface area (Å²) in [6.45, 7) is 0. The van der Waals surface area contributed by atoms with Crippen LogP contribution in [0.1, 0.15) is 44.9 Å². The van der Waals surface area contributed by atoms with E-state index in [1.165, 1.54) is 36.4 Å². The maximum Gasteiger partial charge on any atom is 0.289 e. The summed E-state index contributed by atoms with van der Waals surface area (Å²) in [5, 5.41) is 27.0. The van der Waals surface area contributed by atoms with Gasteiger partial charge in [-0.25, -0.2) is 0 Å². The first kappa shape index (κ1) is 26.0. The van der Waals surface area contributed by atoms with Crippen molar-refractivity contribution in [3.63, 3.8) is 0 Å². The number of nitrogens with zero attached hydrogens (tertiary/aromatic N) is 2. The Bertz CT molecular complexity index is 966. The van der Waals surface area contributed by atoms with Crippen LogP contribution in [0, 0.1) is 20.2 Å². The molecule has 2 amide bonds. The van der Waals surface area contributed by atoms with Crippen molar-refractivity contribution in [3.05, 3.63) is 66.7 Å². The number of halogens is 2. The molecule has 0 aliphatic carbocycles. The Labute approximate surface area is 199 Å². The van der Waals surface area contributed by atoms with Crippen LogP contribution in [-0.2, 0) is 9.59 Å². The maximum atomic E-state index is 12.0. The van der Waals surface area contributed by atoms with E-state index >= 15 is 0 Å². The summed E-state index contributed by atoms with van der Waals surface area (Å²) in [6, 6.07) is 8.15. The van der Waals surface area contributed by atoms with Crippen LogP contribution in [0.5, 0.6) is 0 Å². The van der Waals surface area contributed by atoms with E-state index < -0.39 is 9.85 Å². The number of nitro benzene ring substituents is 2. The van der Waals surface area contributed by atoms with Crippen LogP contribution in [0.4, 0.5) is 22.7 Å². The summed E-state index contributed by atoms with van der Waals surface area (Å²) in [6.07, 6.45) is 4.24. The zero-order valence-corrected chi connectivity index (χ0v) is 19.0. The lowest BCUT2D eigenvalue weighted by Gasteiger charge is -2.07. The molecule has 0 aliphatic rings. The lowest BCUT2D eigenvalue weighted by Crippen LogP contribution is -2.11. The van der Waals surface area contributed by atoms with E-state index in [-0.39, 0.29) is 46.1 Å². The molecule has 0 aliphatic heterocycles. The molecule has 0 unspecified atom stereocenters. The van der Waals surface area contributed by atoms with Crippen LogP contribution in [0.3, 0.4) is 0 Å². The number of nitro groups is 2. The Morgan fingerprint density at radius 1 is 0.697 bits per heavy atom. The molecule has 2 N–H and O–H groups in total. The monoisotopic (exact) mass is 496 g/mol. The highest BCUT2D eigenvalue weighted by atomic mass is 35.5. The van der Waals surface area contributed by atoms with E-state index in [2.05, 4.69) is 10.6 Å². The number of unbranched alkanes of at least 4 members (excludes halogenated alkanes) is 4. The fraction of sp³-hybridized carbons (Fsp3) is 0.333. The Kier molecular flexibility index (Phi) is 10.0. The van der Waals surface area contributed by atoms with Crippen molar-refractivity contribution < 1.29 is 19.4 Å². The third-order valence-electron chi connectivity index (χ3n) is 4.66.